The molecule has 0 atom stereocenters. The normalized spacial score (nSPS) is 9.39. The van der Waals surface area contributed by atoms with Gasteiger partial charge < -0.3 is 0 Å². The second kappa shape index (κ2) is 9.65. The molecule has 0 N–H and O–H groups in total. The second-order valence-electron chi connectivity index (χ2n) is 6.20. The van der Waals surface area contributed by atoms with Crippen LogP contribution in [0.5, 0.6) is 0 Å². The number of rotatable bonds is 2. The van der Waals surface area contributed by atoms with E-state index in [4.69, 9.17) is 0 Å². The first-order chi connectivity index (χ1) is 10.3. The zero-order valence-electron chi connectivity index (χ0n) is 15.5. The first-order valence-corrected chi connectivity index (χ1v) is 8.04. The van der Waals surface area contributed by atoms with Crippen LogP contribution in [0.2, 0.25) is 13.6 Å². The summed E-state index contributed by atoms with van der Waals surface area (Å²) in [5.41, 5.74) is 11.0. The van der Waals surface area contributed by atoms with E-state index in [9.17, 15) is 0 Å². The molecule has 0 spiro atoms. The fourth-order valence-electron chi connectivity index (χ4n) is 3.29. The summed E-state index contributed by atoms with van der Waals surface area (Å²) < 4.78 is 0. The molecule has 122 valence electrons. The molecule has 0 amide bonds. The summed E-state index contributed by atoms with van der Waals surface area (Å²) in [7, 11) is 4.34. The molecular weight excluding hydrogens is 274 g/mol. The van der Waals surface area contributed by atoms with Gasteiger partial charge in [-0.15, -0.1) is 0 Å². The highest BCUT2D eigenvalue weighted by Gasteiger charge is 2.01. The first kappa shape index (κ1) is 21.6. The van der Waals surface area contributed by atoms with E-state index in [0.717, 1.165) is 0 Å². The van der Waals surface area contributed by atoms with Crippen LogP contribution in [0, 0.1) is 41.5 Å². The molecule has 0 saturated carbocycles. The zero-order chi connectivity index (χ0) is 16.9. The molecule has 0 saturated heterocycles. The van der Waals surface area contributed by atoms with E-state index in [-0.39, 0.29) is 7.43 Å². The summed E-state index contributed by atoms with van der Waals surface area (Å²) in [6.07, 6.45) is 0. The largest absolute Gasteiger partial charge is 0.148 e. The van der Waals surface area contributed by atoms with E-state index in [2.05, 4.69) is 94.0 Å². The smallest absolute Gasteiger partial charge is 0.0872 e. The molecule has 0 heterocycles. The van der Waals surface area contributed by atoms with Crippen LogP contribution in [0.25, 0.3) is 0 Å². The minimum Gasteiger partial charge on any atom is -0.0872 e. The third-order valence-electron chi connectivity index (χ3n) is 4.05. The molecule has 0 aliphatic rings. The van der Waals surface area contributed by atoms with Gasteiger partial charge in [-0.2, -0.15) is 0 Å². The molecule has 0 unspecified atom stereocenters. The Labute approximate surface area is 146 Å². The molecule has 2 radical (unpaired) electrons. The van der Waals surface area contributed by atoms with Gasteiger partial charge in [0.2, 0.25) is 0 Å². The number of hydrogen-bond donors (Lipinski definition) is 0. The fraction of sp³-hybridized carbons (Fsp3) is 0.429. The standard InChI is InChI=1S/2C10H14B.CH4/c2*1-7-5-8(2)10(11-4)9(3)6-7;/h2*5-6H,1-4H3;1H4. The third kappa shape index (κ3) is 5.94. The van der Waals surface area contributed by atoms with Gasteiger partial charge in [0.25, 0.3) is 0 Å². The molecule has 0 aromatic heterocycles. The van der Waals surface area contributed by atoms with Crippen LogP contribution < -0.4 is 10.9 Å². The number of aryl methyl sites for hydroxylation is 6. The SMILES string of the molecule is C.C[B]c1c(C)cc(C)cc1C.C[B]c1c(C)cc(C)cc1C. The molecular formula is C21H32B2. The molecule has 0 nitrogen and oxygen atoms in total. The lowest BCUT2D eigenvalue weighted by atomic mass is 9.68. The lowest BCUT2D eigenvalue weighted by Gasteiger charge is -2.07. The highest BCUT2D eigenvalue weighted by molar-refractivity contribution is 6.53. The van der Waals surface area contributed by atoms with Crippen molar-refractivity contribution in [1.82, 2.24) is 0 Å². The van der Waals surface area contributed by atoms with Crippen molar-refractivity contribution in [2.75, 3.05) is 0 Å². The highest BCUT2D eigenvalue weighted by atomic mass is 14.0. The van der Waals surface area contributed by atoms with Crippen molar-refractivity contribution in [2.45, 2.75) is 62.6 Å². The lowest BCUT2D eigenvalue weighted by Crippen LogP contribution is -2.18. The van der Waals surface area contributed by atoms with Gasteiger partial charge in [-0.1, -0.05) is 89.6 Å². The van der Waals surface area contributed by atoms with Gasteiger partial charge in [0, 0.05) is 0 Å². The van der Waals surface area contributed by atoms with E-state index in [1.54, 1.807) is 0 Å². The topological polar surface area (TPSA) is 0 Å². The molecule has 0 bridgehead atoms. The summed E-state index contributed by atoms with van der Waals surface area (Å²) in [6, 6.07) is 8.90. The van der Waals surface area contributed by atoms with Crippen LogP contribution in [0.1, 0.15) is 40.8 Å². The molecule has 0 fully saturated rings. The molecule has 2 heteroatoms. The Morgan fingerprint density at radius 1 is 0.522 bits per heavy atom. The van der Waals surface area contributed by atoms with E-state index in [1.165, 1.54) is 44.3 Å². The maximum absolute atomic E-state index is 2.22. The lowest BCUT2D eigenvalue weighted by molar-refractivity contribution is 1.35. The van der Waals surface area contributed by atoms with Gasteiger partial charge in [0.1, 0.15) is 14.6 Å². The molecule has 2 aromatic carbocycles. The predicted molar refractivity (Wildman–Crippen MR) is 111 cm³/mol. The van der Waals surface area contributed by atoms with Crippen molar-refractivity contribution in [3.05, 3.63) is 57.6 Å². The maximum atomic E-state index is 2.22. The van der Waals surface area contributed by atoms with E-state index < -0.39 is 0 Å². The van der Waals surface area contributed by atoms with Crippen LogP contribution in [-0.4, -0.2) is 14.6 Å². The monoisotopic (exact) mass is 306 g/mol. The summed E-state index contributed by atoms with van der Waals surface area (Å²) in [4.78, 5) is 0. The highest BCUT2D eigenvalue weighted by Crippen LogP contribution is 2.05. The Morgan fingerprint density at radius 3 is 0.913 bits per heavy atom. The van der Waals surface area contributed by atoms with E-state index >= 15 is 0 Å². The second-order valence-corrected chi connectivity index (χ2v) is 6.20. The summed E-state index contributed by atoms with van der Waals surface area (Å²) >= 11 is 0. The quantitative estimate of drug-likeness (QED) is 0.711. The van der Waals surface area contributed by atoms with Gasteiger partial charge in [0.05, 0.1) is 0 Å². The van der Waals surface area contributed by atoms with E-state index in [0.29, 0.717) is 0 Å². The first-order valence-electron chi connectivity index (χ1n) is 8.04. The van der Waals surface area contributed by atoms with Crippen molar-refractivity contribution >= 4 is 25.5 Å². The maximum Gasteiger partial charge on any atom is 0.148 e. The van der Waals surface area contributed by atoms with Gasteiger partial charge in [-0.05, 0) is 41.5 Å². The minimum atomic E-state index is 0. The van der Waals surface area contributed by atoms with Gasteiger partial charge in [-0.25, -0.2) is 0 Å². The summed E-state index contributed by atoms with van der Waals surface area (Å²) in [5.74, 6) is 0. The Bertz CT molecular complexity index is 539. The van der Waals surface area contributed by atoms with Gasteiger partial charge in [0.15, 0.2) is 0 Å². The number of hydrogen-bond acceptors (Lipinski definition) is 0. The predicted octanol–water partition coefficient (Wildman–Crippen LogP) is 4.62. The Hall–Kier alpha value is -1.43. The number of benzene rings is 2. The zero-order valence-corrected chi connectivity index (χ0v) is 15.5. The van der Waals surface area contributed by atoms with Crippen molar-refractivity contribution in [3.63, 3.8) is 0 Å². The third-order valence-corrected chi connectivity index (χ3v) is 4.05. The van der Waals surface area contributed by atoms with Crippen LogP contribution in [0.15, 0.2) is 24.3 Å². The van der Waals surface area contributed by atoms with Crippen molar-refractivity contribution in [2.24, 2.45) is 0 Å². The van der Waals surface area contributed by atoms with Gasteiger partial charge in [-0.3, -0.25) is 0 Å². The van der Waals surface area contributed by atoms with Crippen molar-refractivity contribution in [3.8, 4) is 0 Å². The van der Waals surface area contributed by atoms with Crippen LogP contribution in [-0.2, 0) is 0 Å². The average molecular weight is 306 g/mol. The van der Waals surface area contributed by atoms with Crippen LogP contribution >= 0.6 is 0 Å². The van der Waals surface area contributed by atoms with Crippen molar-refractivity contribution < 1.29 is 0 Å². The molecule has 2 rings (SSSR count). The Kier molecular flexibility index (Phi) is 9.05. The molecule has 2 aromatic rings. The summed E-state index contributed by atoms with van der Waals surface area (Å²) in [5, 5.41) is 0. The average Bonchev–Trinajstić information content (AvgIpc) is 2.38. The van der Waals surface area contributed by atoms with Gasteiger partial charge >= 0.3 is 0 Å². The van der Waals surface area contributed by atoms with Crippen molar-refractivity contribution in [1.29, 1.82) is 0 Å². The fourth-order valence-corrected chi connectivity index (χ4v) is 3.29. The molecule has 23 heavy (non-hydrogen) atoms. The minimum absolute atomic E-state index is 0. The van der Waals surface area contributed by atoms with Crippen LogP contribution in [0.3, 0.4) is 0 Å². The Morgan fingerprint density at radius 2 is 0.739 bits per heavy atom. The molecule has 0 aliphatic carbocycles. The summed E-state index contributed by atoms with van der Waals surface area (Å²) in [6.45, 7) is 17.1. The molecule has 0 aliphatic heterocycles. The Balaban J connectivity index is 0.000000403. The van der Waals surface area contributed by atoms with E-state index in [1.807, 2.05) is 0 Å². The van der Waals surface area contributed by atoms with Crippen LogP contribution in [0.4, 0.5) is 0 Å².